The summed E-state index contributed by atoms with van der Waals surface area (Å²) >= 11 is 0. The molecule has 0 atom stereocenters. The minimum absolute atomic E-state index is 0.550. The minimum Gasteiger partial charge on any atom is -0.382 e. The van der Waals surface area contributed by atoms with Crippen LogP contribution in [-0.4, -0.2) is 24.5 Å². The fourth-order valence-corrected chi connectivity index (χ4v) is 1.72. The first kappa shape index (κ1) is 11.6. The number of nitrogens with zero attached hydrogens (tertiary/aromatic N) is 5. The van der Waals surface area contributed by atoms with Crippen LogP contribution in [0.1, 0.15) is 25.5 Å². The minimum atomic E-state index is 0.550. The van der Waals surface area contributed by atoms with Gasteiger partial charge in [0.05, 0.1) is 13.1 Å². The zero-order valence-corrected chi connectivity index (χ0v) is 10.3. The molecule has 2 N–H and O–H groups in total. The lowest BCUT2D eigenvalue weighted by Crippen LogP contribution is -2.12. The first-order chi connectivity index (χ1) is 8.22. The molecule has 92 valence electrons. The summed E-state index contributed by atoms with van der Waals surface area (Å²) in [5, 5.41) is 8.60. The van der Waals surface area contributed by atoms with Crippen LogP contribution in [0.3, 0.4) is 0 Å². The van der Waals surface area contributed by atoms with E-state index in [0.717, 1.165) is 37.6 Å². The van der Waals surface area contributed by atoms with Crippen LogP contribution in [0.25, 0.3) is 0 Å². The molecule has 0 unspecified atom stereocenters. The first-order valence-electron chi connectivity index (χ1n) is 5.94. The summed E-state index contributed by atoms with van der Waals surface area (Å²) in [6.45, 7) is 5.69. The van der Waals surface area contributed by atoms with Gasteiger partial charge in [-0.05, 0) is 6.07 Å². The Morgan fingerprint density at radius 1 is 1.18 bits per heavy atom. The van der Waals surface area contributed by atoms with Crippen molar-refractivity contribution in [3.8, 4) is 0 Å². The average Bonchev–Trinajstić information content (AvgIpc) is 2.92. The predicted octanol–water partition coefficient (Wildman–Crippen LogP) is 0.882. The fourth-order valence-electron chi connectivity index (χ4n) is 1.72. The van der Waals surface area contributed by atoms with E-state index in [1.807, 2.05) is 15.6 Å². The lowest BCUT2D eigenvalue weighted by atomic mass is 10.4. The Hall–Kier alpha value is -1.85. The van der Waals surface area contributed by atoms with E-state index in [9.17, 15) is 0 Å². The number of anilines is 1. The summed E-state index contributed by atoms with van der Waals surface area (Å²) in [4.78, 5) is 4.46. The lowest BCUT2D eigenvalue weighted by molar-refractivity contribution is 0.485. The number of nitrogen functional groups attached to an aromatic ring is 1. The second kappa shape index (κ2) is 4.99. The van der Waals surface area contributed by atoms with Gasteiger partial charge in [0, 0.05) is 19.0 Å². The summed E-state index contributed by atoms with van der Waals surface area (Å²) in [7, 11) is 0. The van der Waals surface area contributed by atoms with Crippen LogP contribution >= 0.6 is 0 Å². The van der Waals surface area contributed by atoms with E-state index in [1.54, 1.807) is 6.07 Å². The van der Waals surface area contributed by atoms with Crippen molar-refractivity contribution in [1.29, 1.82) is 0 Å². The SMILES string of the molecule is CCc1nc(CC)n(CCn2ccc(N)n2)n1. The molecule has 0 bridgehead atoms. The van der Waals surface area contributed by atoms with Gasteiger partial charge in [0.15, 0.2) is 5.82 Å². The van der Waals surface area contributed by atoms with Crippen molar-refractivity contribution >= 4 is 5.82 Å². The van der Waals surface area contributed by atoms with Crippen LogP contribution in [0.4, 0.5) is 5.82 Å². The van der Waals surface area contributed by atoms with Gasteiger partial charge < -0.3 is 5.73 Å². The number of nitrogens with two attached hydrogens (primary N) is 1. The van der Waals surface area contributed by atoms with Crippen LogP contribution in [0.15, 0.2) is 12.3 Å². The Kier molecular flexibility index (Phi) is 3.41. The zero-order valence-electron chi connectivity index (χ0n) is 10.3. The molecule has 2 aromatic rings. The maximum absolute atomic E-state index is 5.56. The third kappa shape index (κ3) is 2.64. The van der Waals surface area contributed by atoms with Crippen molar-refractivity contribution < 1.29 is 0 Å². The van der Waals surface area contributed by atoms with Gasteiger partial charge in [0.2, 0.25) is 0 Å². The maximum atomic E-state index is 5.56. The van der Waals surface area contributed by atoms with Gasteiger partial charge in [-0.3, -0.25) is 4.68 Å². The molecule has 2 rings (SSSR count). The van der Waals surface area contributed by atoms with Gasteiger partial charge in [-0.2, -0.15) is 10.2 Å². The van der Waals surface area contributed by atoms with E-state index < -0.39 is 0 Å². The molecule has 6 heteroatoms. The number of hydrogen-bond donors (Lipinski definition) is 1. The summed E-state index contributed by atoms with van der Waals surface area (Å²) in [5.41, 5.74) is 5.56. The quantitative estimate of drug-likeness (QED) is 0.833. The zero-order chi connectivity index (χ0) is 12.3. The molecule has 0 spiro atoms. The van der Waals surface area contributed by atoms with Crippen molar-refractivity contribution in [2.24, 2.45) is 0 Å². The second-order valence-electron chi connectivity index (χ2n) is 3.88. The molecule has 0 aliphatic carbocycles. The molecule has 2 aromatic heterocycles. The Labute approximate surface area is 100 Å². The molecule has 0 aliphatic heterocycles. The monoisotopic (exact) mass is 234 g/mol. The summed E-state index contributed by atoms with van der Waals surface area (Å²) < 4.78 is 3.78. The van der Waals surface area contributed by atoms with Crippen LogP contribution in [0.5, 0.6) is 0 Å². The molecular weight excluding hydrogens is 216 g/mol. The standard InChI is InChI=1S/C11H18N6/c1-3-10-13-11(4-2)17(15-10)8-7-16-6-5-9(12)14-16/h5-6H,3-4,7-8H2,1-2H3,(H2,12,14). The second-order valence-corrected chi connectivity index (χ2v) is 3.88. The van der Waals surface area contributed by atoms with Crippen LogP contribution < -0.4 is 5.73 Å². The van der Waals surface area contributed by atoms with E-state index in [1.165, 1.54) is 0 Å². The Morgan fingerprint density at radius 2 is 2.00 bits per heavy atom. The van der Waals surface area contributed by atoms with E-state index in [0.29, 0.717) is 5.82 Å². The third-order valence-corrected chi connectivity index (χ3v) is 2.63. The summed E-state index contributed by atoms with van der Waals surface area (Å²) in [6.07, 6.45) is 3.64. The van der Waals surface area contributed by atoms with Crippen molar-refractivity contribution in [1.82, 2.24) is 24.5 Å². The van der Waals surface area contributed by atoms with E-state index in [2.05, 4.69) is 29.0 Å². The van der Waals surface area contributed by atoms with Gasteiger partial charge >= 0.3 is 0 Å². The van der Waals surface area contributed by atoms with E-state index >= 15 is 0 Å². The summed E-state index contributed by atoms with van der Waals surface area (Å²) in [6, 6.07) is 1.79. The van der Waals surface area contributed by atoms with E-state index in [-0.39, 0.29) is 0 Å². The molecule has 0 fully saturated rings. The molecule has 0 saturated heterocycles. The topological polar surface area (TPSA) is 74.5 Å². The Bertz CT molecular complexity index is 484. The van der Waals surface area contributed by atoms with Gasteiger partial charge in [0.25, 0.3) is 0 Å². The van der Waals surface area contributed by atoms with Gasteiger partial charge in [-0.25, -0.2) is 9.67 Å². The summed E-state index contributed by atoms with van der Waals surface area (Å²) in [5.74, 6) is 2.48. The highest BCUT2D eigenvalue weighted by molar-refractivity contribution is 5.23. The Morgan fingerprint density at radius 3 is 2.59 bits per heavy atom. The molecule has 0 saturated carbocycles. The van der Waals surface area contributed by atoms with Crippen molar-refractivity contribution in [3.05, 3.63) is 23.9 Å². The highest BCUT2D eigenvalue weighted by Crippen LogP contribution is 2.02. The number of aromatic nitrogens is 5. The number of hydrogen-bond acceptors (Lipinski definition) is 4. The largest absolute Gasteiger partial charge is 0.382 e. The van der Waals surface area contributed by atoms with Crippen molar-refractivity contribution in [3.63, 3.8) is 0 Å². The molecule has 0 aliphatic rings. The predicted molar refractivity (Wildman–Crippen MR) is 65.4 cm³/mol. The smallest absolute Gasteiger partial charge is 0.150 e. The molecule has 17 heavy (non-hydrogen) atoms. The van der Waals surface area contributed by atoms with Crippen molar-refractivity contribution in [2.45, 2.75) is 39.8 Å². The lowest BCUT2D eigenvalue weighted by Gasteiger charge is -2.04. The highest BCUT2D eigenvalue weighted by Gasteiger charge is 2.06. The third-order valence-electron chi connectivity index (χ3n) is 2.63. The molecule has 0 aromatic carbocycles. The van der Waals surface area contributed by atoms with Crippen LogP contribution in [0, 0.1) is 0 Å². The van der Waals surface area contributed by atoms with Gasteiger partial charge in [0.1, 0.15) is 11.6 Å². The fraction of sp³-hybridized carbons (Fsp3) is 0.545. The van der Waals surface area contributed by atoms with Crippen LogP contribution in [-0.2, 0) is 25.9 Å². The first-order valence-corrected chi connectivity index (χ1v) is 5.94. The van der Waals surface area contributed by atoms with Crippen molar-refractivity contribution in [2.75, 3.05) is 5.73 Å². The van der Waals surface area contributed by atoms with Crippen LogP contribution in [0.2, 0.25) is 0 Å². The van der Waals surface area contributed by atoms with Gasteiger partial charge in [-0.15, -0.1) is 0 Å². The molecule has 0 radical (unpaired) electrons. The molecule has 0 amide bonds. The Balaban J connectivity index is 2.05. The average molecular weight is 234 g/mol. The molecule has 2 heterocycles. The maximum Gasteiger partial charge on any atom is 0.150 e. The van der Waals surface area contributed by atoms with E-state index in [4.69, 9.17) is 5.73 Å². The molecule has 6 nitrogen and oxygen atoms in total. The number of aryl methyl sites for hydroxylation is 4. The highest BCUT2D eigenvalue weighted by atomic mass is 15.4. The molecular formula is C11H18N6. The normalized spacial score (nSPS) is 10.9. The van der Waals surface area contributed by atoms with Gasteiger partial charge in [-0.1, -0.05) is 13.8 Å². The number of rotatable bonds is 5.